The van der Waals surface area contributed by atoms with Crippen LogP contribution in [0.25, 0.3) is 0 Å². The number of rotatable bonds is 6. The van der Waals surface area contributed by atoms with E-state index in [1.54, 1.807) is 6.20 Å². The molecule has 0 amide bonds. The van der Waals surface area contributed by atoms with Gasteiger partial charge in [-0.25, -0.2) is 0 Å². The van der Waals surface area contributed by atoms with Crippen molar-refractivity contribution in [3.05, 3.63) is 30.1 Å². The quantitative estimate of drug-likeness (QED) is 0.797. The van der Waals surface area contributed by atoms with Gasteiger partial charge in [-0.2, -0.15) is 0 Å². The average molecular weight is 221 g/mol. The van der Waals surface area contributed by atoms with Crippen LogP contribution >= 0.6 is 0 Å². The third-order valence-electron chi connectivity index (χ3n) is 2.79. The molecule has 1 rings (SSSR count). The smallest absolute Gasteiger partial charge is 0.0312 e. The maximum absolute atomic E-state index is 5.82. The van der Waals surface area contributed by atoms with Crippen molar-refractivity contribution in [1.29, 1.82) is 0 Å². The normalized spacial score (nSPS) is 13.4. The molecule has 16 heavy (non-hydrogen) atoms. The van der Waals surface area contributed by atoms with Gasteiger partial charge >= 0.3 is 0 Å². The third kappa shape index (κ3) is 4.29. The van der Waals surface area contributed by atoms with E-state index >= 15 is 0 Å². The minimum atomic E-state index is 0.459. The Balaban J connectivity index is 2.52. The Hall–Kier alpha value is -0.930. The maximum Gasteiger partial charge on any atom is 0.0312 e. The van der Waals surface area contributed by atoms with Gasteiger partial charge in [-0.05, 0) is 31.0 Å². The summed E-state index contributed by atoms with van der Waals surface area (Å²) in [6.07, 6.45) is 4.87. The van der Waals surface area contributed by atoms with Crippen molar-refractivity contribution >= 4 is 0 Å². The molecule has 0 aliphatic heterocycles. The van der Waals surface area contributed by atoms with Crippen LogP contribution in [0.1, 0.15) is 25.8 Å². The van der Waals surface area contributed by atoms with E-state index < -0.39 is 0 Å². The standard InChI is InChI=1S/C13H23N3/c1-11(2)7-13(8-14)16(3)10-12-5-4-6-15-9-12/h4-6,9,11,13H,7-8,10,14H2,1-3H3. The van der Waals surface area contributed by atoms with E-state index in [-0.39, 0.29) is 0 Å². The zero-order valence-corrected chi connectivity index (χ0v) is 10.6. The Kier molecular flexibility index (Phi) is 5.43. The van der Waals surface area contributed by atoms with E-state index in [9.17, 15) is 0 Å². The summed E-state index contributed by atoms with van der Waals surface area (Å²) in [6.45, 7) is 6.11. The van der Waals surface area contributed by atoms with Gasteiger partial charge in [-0.15, -0.1) is 0 Å². The minimum absolute atomic E-state index is 0.459. The first-order valence-corrected chi connectivity index (χ1v) is 5.92. The van der Waals surface area contributed by atoms with Crippen LogP contribution in [-0.2, 0) is 6.54 Å². The first-order chi connectivity index (χ1) is 7.63. The fourth-order valence-electron chi connectivity index (χ4n) is 1.91. The zero-order valence-electron chi connectivity index (χ0n) is 10.6. The first kappa shape index (κ1) is 13.1. The van der Waals surface area contributed by atoms with Gasteiger partial charge < -0.3 is 5.73 Å². The van der Waals surface area contributed by atoms with Crippen LogP contribution in [0.4, 0.5) is 0 Å². The van der Waals surface area contributed by atoms with E-state index in [0.717, 1.165) is 19.5 Å². The van der Waals surface area contributed by atoms with Gasteiger partial charge in [0.2, 0.25) is 0 Å². The summed E-state index contributed by atoms with van der Waals surface area (Å²) in [5.41, 5.74) is 7.06. The van der Waals surface area contributed by atoms with Crippen LogP contribution in [0.15, 0.2) is 24.5 Å². The van der Waals surface area contributed by atoms with E-state index in [4.69, 9.17) is 5.73 Å². The molecule has 1 atom stereocenters. The molecule has 90 valence electrons. The highest BCUT2D eigenvalue weighted by atomic mass is 15.1. The predicted octanol–water partition coefficient (Wildman–Crippen LogP) is 1.89. The number of nitrogens with two attached hydrogens (primary N) is 1. The zero-order chi connectivity index (χ0) is 12.0. The van der Waals surface area contributed by atoms with Crippen LogP contribution in [0.2, 0.25) is 0 Å². The molecule has 0 aliphatic rings. The molecule has 1 aromatic heterocycles. The second-order valence-electron chi connectivity index (χ2n) is 4.80. The van der Waals surface area contributed by atoms with Gasteiger partial charge in [-0.1, -0.05) is 19.9 Å². The van der Waals surface area contributed by atoms with Crippen molar-refractivity contribution in [1.82, 2.24) is 9.88 Å². The summed E-state index contributed by atoms with van der Waals surface area (Å²) in [5, 5.41) is 0. The second-order valence-corrected chi connectivity index (χ2v) is 4.80. The van der Waals surface area contributed by atoms with Crippen molar-refractivity contribution in [2.45, 2.75) is 32.9 Å². The summed E-state index contributed by atoms with van der Waals surface area (Å²) in [6, 6.07) is 4.54. The molecular formula is C13H23N3. The number of hydrogen-bond acceptors (Lipinski definition) is 3. The minimum Gasteiger partial charge on any atom is -0.329 e. The summed E-state index contributed by atoms with van der Waals surface area (Å²) in [4.78, 5) is 6.44. The van der Waals surface area contributed by atoms with E-state index in [1.807, 2.05) is 12.3 Å². The summed E-state index contributed by atoms with van der Waals surface area (Å²) >= 11 is 0. The number of pyridine rings is 1. The van der Waals surface area contributed by atoms with Gasteiger partial charge in [0.05, 0.1) is 0 Å². The Morgan fingerprint density at radius 3 is 2.69 bits per heavy atom. The Bertz CT molecular complexity index is 284. The summed E-state index contributed by atoms with van der Waals surface area (Å²) < 4.78 is 0. The van der Waals surface area contributed by atoms with E-state index in [0.29, 0.717) is 12.0 Å². The lowest BCUT2D eigenvalue weighted by molar-refractivity contribution is 0.210. The number of hydrogen-bond donors (Lipinski definition) is 1. The molecule has 0 aromatic carbocycles. The lowest BCUT2D eigenvalue weighted by Crippen LogP contribution is -2.38. The molecule has 1 heterocycles. The highest BCUT2D eigenvalue weighted by Gasteiger charge is 2.14. The molecule has 3 nitrogen and oxygen atoms in total. The fraction of sp³-hybridized carbons (Fsp3) is 0.615. The number of aromatic nitrogens is 1. The monoisotopic (exact) mass is 221 g/mol. The Morgan fingerprint density at radius 2 is 2.19 bits per heavy atom. The van der Waals surface area contributed by atoms with E-state index in [1.165, 1.54) is 5.56 Å². The largest absolute Gasteiger partial charge is 0.329 e. The van der Waals surface area contributed by atoms with Crippen molar-refractivity contribution in [3.63, 3.8) is 0 Å². The molecule has 1 unspecified atom stereocenters. The summed E-state index contributed by atoms with van der Waals surface area (Å²) in [7, 11) is 2.13. The molecule has 0 radical (unpaired) electrons. The molecule has 2 N–H and O–H groups in total. The topological polar surface area (TPSA) is 42.1 Å². The lowest BCUT2D eigenvalue weighted by Gasteiger charge is -2.28. The molecular weight excluding hydrogens is 198 g/mol. The first-order valence-electron chi connectivity index (χ1n) is 5.92. The van der Waals surface area contributed by atoms with Gasteiger partial charge in [0.1, 0.15) is 0 Å². The number of likely N-dealkylation sites (N-methyl/N-ethyl adjacent to an activating group) is 1. The summed E-state index contributed by atoms with van der Waals surface area (Å²) in [5.74, 6) is 0.685. The molecule has 3 heteroatoms. The van der Waals surface area contributed by atoms with Gasteiger partial charge in [0, 0.05) is 31.5 Å². The Morgan fingerprint density at radius 1 is 1.44 bits per heavy atom. The average Bonchev–Trinajstić information content (AvgIpc) is 2.26. The van der Waals surface area contributed by atoms with Gasteiger partial charge in [0.15, 0.2) is 0 Å². The van der Waals surface area contributed by atoms with Gasteiger partial charge in [0.25, 0.3) is 0 Å². The molecule has 0 aliphatic carbocycles. The molecule has 1 aromatic rings. The molecule has 0 fully saturated rings. The third-order valence-corrected chi connectivity index (χ3v) is 2.79. The van der Waals surface area contributed by atoms with Crippen LogP contribution in [0, 0.1) is 5.92 Å². The number of nitrogens with zero attached hydrogens (tertiary/aromatic N) is 2. The van der Waals surface area contributed by atoms with E-state index in [2.05, 4.69) is 36.8 Å². The van der Waals surface area contributed by atoms with Gasteiger partial charge in [-0.3, -0.25) is 9.88 Å². The van der Waals surface area contributed by atoms with Crippen LogP contribution in [0.3, 0.4) is 0 Å². The second kappa shape index (κ2) is 6.61. The maximum atomic E-state index is 5.82. The molecule has 0 saturated heterocycles. The fourth-order valence-corrected chi connectivity index (χ4v) is 1.91. The predicted molar refractivity (Wildman–Crippen MR) is 68.0 cm³/mol. The van der Waals surface area contributed by atoms with Crippen molar-refractivity contribution < 1.29 is 0 Å². The Labute approximate surface area is 98.7 Å². The van der Waals surface area contributed by atoms with Crippen LogP contribution in [0.5, 0.6) is 0 Å². The lowest BCUT2D eigenvalue weighted by atomic mass is 10.0. The SMILES string of the molecule is CC(C)CC(CN)N(C)Cc1cccnc1. The highest BCUT2D eigenvalue weighted by Crippen LogP contribution is 2.12. The molecule has 0 saturated carbocycles. The van der Waals surface area contributed by atoms with Crippen molar-refractivity contribution in [2.24, 2.45) is 11.7 Å². The molecule has 0 bridgehead atoms. The van der Waals surface area contributed by atoms with Crippen LogP contribution in [-0.4, -0.2) is 29.5 Å². The molecule has 0 spiro atoms. The van der Waals surface area contributed by atoms with Crippen molar-refractivity contribution in [2.75, 3.05) is 13.6 Å². The highest BCUT2D eigenvalue weighted by molar-refractivity contribution is 5.08. The van der Waals surface area contributed by atoms with Crippen molar-refractivity contribution in [3.8, 4) is 0 Å². The van der Waals surface area contributed by atoms with Crippen LogP contribution < -0.4 is 5.73 Å².